The fourth-order valence-corrected chi connectivity index (χ4v) is 4.57. The SMILES string of the molecule is CCOC(=O)C1CN(C(=O)Cc2c[nH]c3cc(OC)ccc23)CC2CNCC21. The van der Waals surface area contributed by atoms with Gasteiger partial charge in [0.15, 0.2) is 0 Å². The predicted molar refractivity (Wildman–Crippen MR) is 105 cm³/mol. The Bertz CT molecular complexity index is 878. The van der Waals surface area contributed by atoms with Gasteiger partial charge in [0.05, 0.1) is 26.1 Å². The first-order valence-corrected chi connectivity index (χ1v) is 9.89. The van der Waals surface area contributed by atoms with Crippen molar-refractivity contribution in [3.63, 3.8) is 0 Å². The normalized spacial score (nSPS) is 24.2. The molecule has 150 valence electrons. The van der Waals surface area contributed by atoms with Crippen LogP contribution in [-0.2, 0) is 20.7 Å². The Labute approximate surface area is 164 Å². The van der Waals surface area contributed by atoms with Crippen LogP contribution in [0.3, 0.4) is 0 Å². The van der Waals surface area contributed by atoms with E-state index in [2.05, 4.69) is 10.3 Å². The number of piperidine rings is 1. The molecule has 2 saturated heterocycles. The summed E-state index contributed by atoms with van der Waals surface area (Å²) in [7, 11) is 1.63. The van der Waals surface area contributed by atoms with Crippen LogP contribution in [0.1, 0.15) is 12.5 Å². The molecular weight excluding hydrogens is 358 g/mol. The number of ether oxygens (including phenoxy) is 2. The van der Waals surface area contributed by atoms with Gasteiger partial charge in [0.25, 0.3) is 0 Å². The number of amides is 1. The number of aromatic nitrogens is 1. The van der Waals surface area contributed by atoms with Crippen LogP contribution in [0.2, 0.25) is 0 Å². The number of nitrogens with zero attached hydrogens (tertiary/aromatic N) is 1. The maximum absolute atomic E-state index is 13.1. The fourth-order valence-electron chi connectivity index (χ4n) is 4.57. The van der Waals surface area contributed by atoms with Crippen molar-refractivity contribution in [2.45, 2.75) is 13.3 Å². The van der Waals surface area contributed by atoms with Crippen molar-refractivity contribution in [1.29, 1.82) is 0 Å². The van der Waals surface area contributed by atoms with Gasteiger partial charge in [0.1, 0.15) is 5.75 Å². The van der Waals surface area contributed by atoms with E-state index in [1.807, 2.05) is 36.2 Å². The second-order valence-electron chi connectivity index (χ2n) is 7.64. The van der Waals surface area contributed by atoms with Crippen LogP contribution in [0.4, 0.5) is 0 Å². The summed E-state index contributed by atoms with van der Waals surface area (Å²) in [5.41, 5.74) is 1.91. The molecule has 2 N–H and O–H groups in total. The summed E-state index contributed by atoms with van der Waals surface area (Å²) in [5, 5.41) is 4.39. The summed E-state index contributed by atoms with van der Waals surface area (Å²) in [5.74, 6) is 0.961. The molecule has 0 aliphatic carbocycles. The lowest BCUT2D eigenvalue weighted by Crippen LogP contribution is -2.51. The minimum Gasteiger partial charge on any atom is -0.497 e. The number of methoxy groups -OCH3 is 1. The maximum Gasteiger partial charge on any atom is 0.311 e. The molecule has 7 nitrogen and oxygen atoms in total. The molecule has 2 aliphatic rings. The number of rotatable bonds is 5. The highest BCUT2D eigenvalue weighted by Gasteiger charge is 2.44. The predicted octanol–water partition coefficient (Wildman–Crippen LogP) is 1.58. The van der Waals surface area contributed by atoms with E-state index < -0.39 is 0 Å². The first-order chi connectivity index (χ1) is 13.6. The molecule has 2 aromatic rings. The molecule has 2 fully saturated rings. The van der Waals surface area contributed by atoms with E-state index >= 15 is 0 Å². The third kappa shape index (κ3) is 3.46. The first kappa shape index (κ1) is 18.8. The van der Waals surface area contributed by atoms with Crippen LogP contribution in [0.15, 0.2) is 24.4 Å². The monoisotopic (exact) mass is 385 g/mol. The van der Waals surface area contributed by atoms with Gasteiger partial charge in [-0.1, -0.05) is 0 Å². The second-order valence-corrected chi connectivity index (χ2v) is 7.64. The van der Waals surface area contributed by atoms with Gasteiger partial charge in [-0.15, -0.1) is 0 Å². The van der Waals surface area contributed by atoms with E-state index in [0.717, 1.165) is 35.3 Å². The molecule has 0 spiro atoms. The standard InChI is InChI=1S/C21H27N3O4/c1-3-28-21(26)18-12-24(11-14-8-22-10-17(14)18)20(25)6-13-9-23-19-7-15(27-2)4-5-16(13)19/h4-5,7,9,14,17-18,22-23H,3,6,8,10-12H2,1-2H3. The molecule has 3 heterocycles. The Balaban J connectivity index is 1.50. The maximum atomic E-state index is 13.1. The van der Waals surface area contributed by atoms with Crippen LogP contribution in [0, 0.1) is 17.8 Å². The molecule has 0 saturated carbocycles. The smallest absolute Gasteiger partial charge is 0.311 e. The van der Waals surface area contributed by atoms with E-state index in [1.165, 1.54) is 0 Å². The van der Waals surface area contributed by atoms with Gasteiger partial charge in [-0.3, -0.25) is 9.59 Å². The number of likely N-dealkylation sites (tertiary alicyclic amines) is 1. The van der Waals surface area contributed by atoms with Crippen molar-refractivity contribution in [2.75, 3.05) is 39.9 Å². The zero-order valence-corrected chi connectivity index (χ0v) is 16.4. The Kier molecular flexibility index (Phi) is 5.26. The van der Waals surface area contributed by atoms with Crippen LogP contribution in [0.25, 0.3) is 10.9 Å². The van der Waals surface area contributed by atoms with Gasteiger partial charge in [-0.25, -0.2) is 0 Å². The van der Waals surface area contributed by atoms with Crippen molar-refractivity contribution in [3.8, 4) is 5.75 Å². The van der Waals surface area contributed by atoms with Gasteiger partial charge < -0.3 is 24.7 Å². The van der Waals surface area contributed by atoms with Gasteiger partial charge >= 0.3 is 5.97 Å². The largest absolute Gasteiger partial charge is 0.497 e. The second kappa shape index (κ2) is 7.83. The number of hydrogen-bond acceptors (Lipinski definition) is 5. The van der Waals surface area contributed by atoms with Gasteiger partial charge in [0, 0.05) is 36.3 Å². The molecule has 7 heteroatoms. The van der Waals surface area contributed by atoms with Crippen molar-refractivity contribution in [3.05, 3.63) is 30.0 Å². The summed E-state index contributed by atoms with van der Waals surface area (Å²) in [6, 6.07) is 5.80. The third-order valence-electron chi connectivity index (χ3n) is 6.04. The molecule has 0 bridgehead atoms. The number of carbonyl (C=O) groups is 2. The van der Waals surface area contributed by atoms with E-state index in [-0.39, 0.29) is 23.7 Å². The number of aromatic amines is 1. The average molecular weight is 385 g/mol. The molecule has 0 radical (unpaired) electrons. The van der Waals surface area contributed by atoms with E-state index in [1.54, 1.807) is 7.11 Å². The summed E-state index contributed by atoms with van der Waals surface area (Å²) in [4.78, 5) is 30.6. The molecule has 1 aromatic heterocycles. The number of H-pyrrole nitrogens is 1. The lowest BCUT2D eigenvalue weighted by Gasteiger charge is -2.39. The summed E-state index contributed by atoms with van der Waals surface area (Å²) >= 11 is 0. The van der Waals surface area contributed by atoms with Crippen LogP contribution < -0.4 is 10.1 Å². The van der Waals surface area contributed by atoms with E-state index in [4.69, 9.17) is 9.47 Å². The number of hydrogen-bond donors (Lipinski definition) is 2. The molecular formula is C21H27N3O4. The summed E-state index contributed by atoms with van der Waals surface area (Å²) < 4.78 is 10.5. The number of fused-ring (bicyclic) bond motifs is 2. The van der Waals surface area contributed by atoms with E-state index in [0.29, 0.717) is 32.0 Å². The molecule has 4 rings (SSSR count). The van der Waals surface area contributed by atoms with Crippen LogP contribution in [0.5, 0.6) is 5.75 Å². The molecule has 28 heavy (non-hydrogen) atoms. The number of benzene rings is 1. The summed E-state index contributed by atoms with van der Waals surface area (Å²) in [6.07, 6.45) is 2.20. The molecule has 2 aliphatic heterocycles. The fraction of sp³-hybridized carbons (Fsp3) is 0.524. The van der Waals surface area contributed by atoms with Gasteiger partial charge in [0.2, 0.25) is 5.91 Å². The Morgan fingerprint density at radius 2 is 2.11 bits per heavy atom. The van der Waals surface area contributed by atoms with Crippen molar-refractivity contribution >= 4 is 22.8 Å². The highest BCUT2D eigenvalue weighted by atomic mass is 16.5. The van der Waals surface area contributed by atoms with Crippen molar-refractivity contribution < 1.29 is 19.1 Å². The highest BCUT2D eigenvalue weighted by molar-refractivity contribution is 5.90. The molecule has 1 aromatic carbocycles. The zero-order chi connectivity index (χ0) is 19.7. The lowest BCUT2D eigenvalue weighted by molar-refractivity contribution is -0.154. The minimum atomic E-state index is -0.245. The first-order valence-electron chi connectivity index (χ1n) is 9.89. The Hall–Kier alpha value is -2.54. The quantitative estimate of drug-likeness (QED) is 0.764. The third-order valence-corrected chi connectivity index (χ3v) is 6.04. The molecule has 3 atom stereocenters. The molecule has 3 unspecified atom stereocenters. The topological polar surface area (TPSA) is 83.7 Å². The zero-order valence-electron chi connectivity index (χ0n) is 16.4. The number of esters is 1. The summed E-state index contributed by atoms with van der Waals surface area (Å²) in [6.45, 7) is 4.99. The lowest BCUT2D eigenvalue weighted by atomic mass is 9.79. The van der Waals surface area contributed by atoms with Gasteiger partial charge in [-0.2, -0.15) is 0 Å². The van der Waals surface area contributed by atoms with Crippen LogP contribution in [-0.4, -0.2) is 61.7 Å². The Morgan fingerprint density at radius 1 is 1.25 bits per heavy atom. The van der Waals surface area contributed by atoms with Gasteiger partial charge in [-0.05, 0) is 49.5 Å². The highest BCUT2D eigenvalue weighted by Crippen LogP contribution is 2.33. The van der Waals surface area contributed by atoms with Crippen molar-refractivity contribution in [2.24, 2.45) is 17.8 Å². The number of carbonyl (C=O) groups excluding carboxylic acids is 2. The number of nitrogens with one attached hydrogen (secondary N) is 2. The molecule has 1 amide bonds. The van der Waals surface area contributed by atoms with E-state index in [9.17, 15) is 9.59 Å². The minimum absolute atomic E-state index is 0.0522. The Morgan fingerprint density at radius 3 is 2.89 bits per heavy atom. The van der Waals surface area contributed by atoms with Crippen LogP contribution >= 0.6 is 0 Å². The van der Waals surface area contributed by atoms with Crippen molar-refractivity contribution in [1.82, 2.24) is 15.2 Å². The average Bonchev–Trinajstić information content (AvgIpc) is 3.33.